The highest BCUT2D eigenvalue weighted by molar-refractivity contribution is 5.59. The second-order valence-corrected chi connectivity index (χ2v) is 8.19. The topological polar surface area (TPSA) is 63.3 Å². The molecule has 0 amide bonds. The molecule has 5 nitrogen and oxygen atoms in total. The molecular weight excluding hydrogens is 408 g/mol. The molecule has 0 N–H and O–H groups in total. The molecule has 2 aromatic rings. The van der Waals surface area contributed by atoms with Crippen molar-refractivity contribution in [3.8, 4) is 12.1 Å². The maximum atomic E-state index is 9.35. The van der Waals surface area contributed by atoms with Crippen molar-refractivity contribution in [2.24, 2.45) is 0 Å². The predicted octanol–water partition coefficient (Wildman–Crippen LogP) is 5.61. The van der Waals surface area contributed by atoms with E-state index < -0.39 is 0 Å². The normalized spacial score (nSPS) is 12.8. The second kappa shape index (κ2) is 10.9. The highest BCUT2D eigenvalue weighted by Gasteiger charge is 2.13. The van der Waals surface area contributed by atoms with E-state index in [2.05, 4.69) is 41.3 Å². The number of rotatable bonds is 7. The number of aryl methyl sites for hydroxylation is 1. The second-order valence-electron chi connectivity index (χ2n) is 8.19. The molecule has 5 heteroatoms. The van der Waals surface area contributed by atoms with Crippen LogP contribution in [0.15, 0.2) is 89.4 Å². The third kappa shape index (κ3) is 6.38. The SMILES string of the molecule is CN(C)c1ccc(/C=C/C2=CC(=C(C#N)C#N)C=C(CCc3ccc(N(C)C)cc3)O2)cc1. The Balaban J connectivity index is 1.77. The first-order valence-electron chi connectivity index (χ1n) is 10.8. The molecule has 0 radical (unpaired) electrons. The molecule has 2 aromatic carbocycles. The average Bonchev–Trinajstić information content (AvgIpc) is 2.82. The van der Waals surface area contributed by atoms with Gasteiger partial charge in [-0.1, -0.05) is 30.3 Å². The zero-order valence-electron chi connectivity index (χ0n) is 19.5. The molecule has 0 unspecified atom stereocenters. The minimum atomic E-state index is 0.0763. The first-order valence-corrected chi connectivity index (χ1v) is 10.8. The van der Waals surface area contributed by atoms with Gasteiger partial charge in [0.2, 0.25) is 0 Å². The number of nitriles is 2. The minimum Gasteiger partial charge on any atom is -0.462 e. The third-order valence-corrected chi connectivity index (χ3v) is 5.34. The summed E-state index contributed by atoms with van der Waals surface area (Å²) in [6, 6.07) is 20.6. The van der Waals surface area contributed by atoms with Gasteiger partial charge >= 0.3 is 0 Å². The Morgan fingerprint density at radius 3 is 1.91 bits per heavy atom. The molecule has 1 aliphatic rings. The molecular formula is C28H28N4O. The minimum absolute atomic E-state index is 0.0763. The summed E-state index contributed by atoms with van der Waals surface area (Å²) in [5.41, 5.74) is 5.16. The molecule has 0 aromatic heterocycles. The van der Waals surface area contributed by atoms with Gasteiger partial charge in [-0.15, -0.1) is 0 Å². The summed E-state index contributed by atoms with van der Waals surface area (Å²) >= 11 is 0. The van der Waals surface area contributed by atoms with Crippen molar-refractivity contribution in [2.45, 2.75) is 12.8 Å². The van der Waals surface area contributed by atoms with Gasteiger partial charge in [0.15, 0.2) is 0 Å². The highest BCUT2D eigenvalue weighted by atomic mass is 16.5. The van der Waals surface area contributed by atoms with E-state index in [-0.39, 0.29) is 5.57 Å². The van der Waals surface area contributed by atoms with E-state index in [4.69, 9.17) is 4.74 Å². The van der Waals surface area contributed by atoms with Crippen LogP contribution in [0.4, 0.5) is 11.4 Å². The van der Waals surface area contributed by atoms with Crippen LogP contribution in [0.5, 0.6) is 0 Å². The summed E-state index contributed by atoms with van der Waals surface area (Å²) in [7, 11) is 8.05. The lowest BCUT2D eigenvalue weighted by Gasteiger charge is -2.17. The fourth-order valence-corrected chi connectivity index (χ4v) is 3.37. The largest absolute Gasteiger partial charge is 0.462 e. The Bertz CT molecular complexity index is 1170. The number of anilines is 2. The summed E-state index contributed by atoms with van der Waals surface area (Å²) in [5, 5.41) is 18.7. The average molecular weight is 437 g/mol. The maximum absolute atomic E-state index is 9.35. The standard InChI is InChI=1S/C28H28N4O/c1-31(2)25-11-5-21(6-12-25)9-15-27-17-23(24(19-29)20-30)18-28(33-27)16-10-22-7-13-26(14-8-22)32(3)4/h5-9,11-15,17-18H,10,16H2,1-4H3/b15-9+. The van der Waals surface area contributed by atoms with Crippen LogP contribution in [0.1, 0.15) is 17.5 Å². The molecule has 0 saturated carbocycles. The van der Waals surface area contributed by atoms with Gasteiger partial charge in [0, 0.05) is 51.6 Å². The van der Waals surface area contributed by atoms with E-state index in [1.165, 1.54) is 5.56 Å². The van der Waals surface area contributed by atoms with Gasteiger partial charge in [-0.05, 0) is 60.0 Å². The van der Waals surface area contributed by atoms with Gasteiger partial charge in [0.1, 0.15) is 29.2 Å². The van der Waals surface area contributed by atoms with Crippen LogP contribution in [0, 0.1) is 22.7 Å². The van der Waals surface area contributed by atoms with Gasteiger partial charge in [0.05, 0.1) is 0 Å². The lowest BCUT2D eigenvalue weighted by molar-refractivity contribution is 0.300. The smallest absolute Gasteiger partial charge is 0.137 e. The molecule has 0 spiro atoms. The molecule has 1 heterocycles. The van der Waals surface area contributed by atoms with Crippen LogP contribution in [0.3, 0.4) is 0 Å². The fraction of sp³-hybridized carbons (Fsp3) is 0.214. The summed E-state index contributed by atoms with van der Waals surface area (Å²) < 4.78 is 6.09. The summed E-state index contributed by atoms with van der Waals surface area (Å²) in [6.07, 6.45) is 8.82. The van der Waals surface area contributed by atoms with Crippen LogP contribution >= 0.6 is 0 Å². The fourth-order valence-electron chi connectivity index (χ4n) is 3.37. The third-order valence-electron chi connectivity index (χ3n) is 5.34. The monoisotopic (exact) mass is 436 g/mol. The van der Waals surface area contributed by atoms with E-state index in [1.54, 1.807) is 12.2 Å². The zero-order chi connectivity index (χ0) is 23.8. The summed E-state index contributed by atoms with van der Waals surface area (Å²) in [5.74, 6) is 1.33. The van der Waals surface area contributed by atoms with Crippen molar-refractivity contribution in [3.63, 3.8) is 0 Å². The van der Waals surface area contributed by atoms with Crippen LogP contribution < -0.4 is 9.80 Å². The molecule has 0 saturated heterocycles. The van der Waals surface area contributed by atoms with Gasteiger partial charge in [-0.2, -0.15) is 10.5 Å². The van der Waals surface area contributed by atoms with E-state index in [0.717, 1.165) is 29.1 Å². The zero-order valence-corrected chi connectivity index (χ0v) is 19.5. The van der Waals surface area contributed by atoms with E-state index in [1.807, 2.05) is 69.5 Å². The van der Waals surface area contributed by atoms with Crippen LogP contribution in [-0.2, 0) is 11.2 Å². The molecule has 3 rings (SSSR count). The number of allylic oxidation sites excluding steroid dienone is 6. The lowest BCUT2D eigenvalue weighted by atomic mass is 10.0. The van der Waals surface area contributed by atoms with Crippen molar-refractivity contribution < 1.29 is 4.74 Å². The van der Waals surface area contributed by atoms with Crippen molar-refractivity contribution in [1.29, 1.82) is 10.5 Å². The predicted molar refractivity (Wildman–Crippen MR) is 134 cm³/mol. The maximum Gasteiger partial charge on any atom is 0.137 e. The Morgan fingerprint density at radius 2 is 1.36 bits per heavy atom. The van der Waals surface area contributed by atoms with E-state index in [9.17, 15) is 10.5 Å². The number of hydrogen-bond acceptors (Lipinski definition) is 5. The molecule has 0 atom stereocenters. The van der Waals surface area contributed by atoms with Crippen molar-refractivity contribution >= 4 is 17.5 Å². The van der Waals surface area contributed by atoms with Gasteiger partial charge < -0.3 is 14.5 Å². The number of ether oxygens (including phenoxy) is 1. The highest BCUT2D eigenvalue weighted by Crippen LogP contribution is 2.26. The quantitative estimate of drug-likeness (QED) is 0.528. The first-order chi connectivity index (χ1) is 15.9. The van der Waals surface area contributed by atoms with Crippen LogP contribution in [0.25, 0.3) is 6.08 Å². The van der Waals surface area contributed by atoms with Crippen LogP contribution in [0.2, 0.25) is 0 Å². The summed E-state index contributed by atoms with van der Waals surface area (Å²) in [6.45, 7) is 0. The lowest BCUT2D eigenvalue weighted by Crippen LogP contribution is -2.08. The van der Waals surface area contributed by atoms with E-state index in [0.29, 0.717) is 17.8 Å². The Kier molecular flexibility index (Phi) is 7.73. The molecule has 0 fully saturated rings. The number of nitrogens with zero attached hydrogens (tertiary/aromatic N) is 4. The molecule has 1 aliphatic heterocycles. The van der Waals surface area contributed by atoms with Crippen molar-refractivity contribution in [3.05, 3.63) is 101 Å². The van der Waals surface area contributed by atoms with Crippen LogP contribution in [-0.4, -0.2) is 28.2 Å². The first kappa shape index (κ1) is 23.4. The Hall–Kier alpha value is -4.22. The number of benzene rings is 2. The summed E-state index contributed by atoms with van der Waals surface area (Å²) in [4.78, 5) is 4.12. The van der Waals surface area contributed by atoms with Gasteiger partial charge in [-0.3, -0.25) is 0 Å². The Labute approximate surface area is 196 Å². The van der Waals surface area contributed by atoms with Gasteiger partial charge in [-0.25, -0.2) is 0 Å². The molecule has 33 heavy (non-hydrogen) atoms. The van der Waals surface area contributed by atoms with E-state index >= 15 is 0 Å². The Morgan fingerprint density at radius 1 is 0.788 bits per heavy atom. The molecule has 0 aliphatic carbocycles. The van der Waals surface area contributed by atoms with Gasteiger partial charge in [0.25, 0.3) is 0 Å². The van der Waals surface area contributed by atoms with Crippen molar-refractivity contribution in [1.82, 2.24) is 0 Å². The van der Waals surface area contributed by atoms with Crippen molar-refractivity contribution in [2.75, 3.05) is 38.0 Å². The molecule has 0 bridgehead atoms. The molecule has 166 valence electrons. The number of hydrogen-bond donors (Lipinski definition) is 0.